The van der Waals surface area contributed by atoms with Crippen molar-refractivity contribution in [2.45, 2.75) is 13.3 Å². The molecule has 0 spiro atoms. The zero-order chi connectivity index (χ0) is 10.6. The largest absolute Gasteiger partial charge is 0.327 e. The molecular weight excluding hydrogens is 204 g/mol. The van der Waals surface area contributed by atoms with Gasteiger partial charge < -0.3 is 4.98 Å². The number of sulfonamides is 1. The molecule has 5 nitrogen and oxygen atoms in total. The summed E-state index contributed by atoms with van der Waals surface area (Å²) >= 11 is 0. The molecule has 1 aromatic heterocycles. The van der Waals surface area contributed by atoms with Gasteiger partial charge in [-0.3, -0.25) is 9.52 Å². The highest BCUT2D eigenvalue weighted by atomic mass is 32.2. The molecule has 2 N–H and O–H groups in total. The van der Waals surface area contributed by atoms with E-state index in [4.69, 9.17) is 0 Å². The fraction of sp³-hybridized carbons (Fsp3) is 0.375. The predicted octanol–water partition coefficient (Wildman–Crippen LogP) is 0.527. The summed E-state index contributed by atoms with van der Waals surface area (Å²) in [7, 11) is -3.27. The first kappa shape index (κ1) is 10.8. The van der Waals surface area contributed by atoms with Gasteiger partial charge in [0.15, 0.2) is 0 Å². The SMILES string of the molecule is CCCS(=O)(=O)Nc1ccc(=O)[nH]c1. The summed E-state index contributed by atoms with van der Waals surface area (Å²) in [4.78, 5) is 13.1. The minimum Gasteiger partial charge on any atom is -0.327 e. The number of hydrogen-bond donors (Lipinski definition) is 2. The molecule has 0 bridgehead atoms. The quantitative estimate of drug-likeness (QED) is 0.770. The number of aromatic amines is 1. The van der Waals surface area contributed by atoms with Crippen LogP contribution in [0, 0.1) is 0 Å². The summed E-state index contributed by atoms with van der Waals surface area (Å²) in [6.45, 7) is 1.78. The van der Waals surface area contributed by atoms with E-state index in [0.717, 1.165) is 0 Å². The normalized spacial score (nSPS) is 11.2. The molecule has 0 unspecified atom stereocenters. The number of hydrogen-bond acceptors (Lipinski definition) is 3. The maximum Gasteiger partial charge on any atom is 0.248 e. The van der Waals surface area contributed by atoms with Gasteiger partial charge in [0, 0.05) is 12.3 Å². The summed E-state index contributed by atoms with van der Waals surface area (Å²) in [5.41, 5.74) is 0.112. The van der Waals surface area contributed by atoms with Crippen LogP contribution in [0.25, 0.3) is 0 Å². The van der Waals surface area contributed by atoms with Crippen molar-refractivity contribution in [3.63, 3.8) is 0 Å². The van der Waals surface area contributed by atoms with Gasteiger partial charge in [-0.1, -0.05) is 6.92 Å². The van der Waals surface area contributed by atoms with Crippen molar-refractivity contribution in [1.29, 1.82) is 0 Å². The molecule has 0 aliphatic heterocycles. The van der Waals surface area contributed by atoms with Gasteiger partial charge in [-0.05, 0) is 12.5 Å². The molecule has 78 valence electrons. The van der Waals surface area contributed by atoms with E-state index in [-0.39, 0.29) is 11.3 Å². The van der Waals surface area contributed by atoms with Crippen molar-refractivity contribution < 1.29 is 8.42 Å². The van der Waals surface area contributed by atoms with Crippen LogP contribution in [0.5, 0.6) is 0 Å². The van der Waals surface area contributed by atoms with Crippen molar-refractivity contribution in [2.75, 3.05) is 10.5 Å². The Morgan fingerprint density at radius 1 is 1.43 bits per heavy atom. The Morgan fingerprint density at radius 2 is 2.14 bits per heavy atom. The summed E-state index contributed by atoms with van der Waals surface area (Å²) in [5, 5.41) is 0. The van der Waals surface area contributed by atoms with Crippen LogP contribution in [0.3, 0.4) is 0 Å². The first-order valence-electron chi connectivity index (χ1n) is 4.23. The lowest BCUT2D eigenvalue weighted by Crippen LogP contribution is -2.17. The summed E-state index contributed by atoms with van der Waals surface area (Å²) < 4.78 is 24.9. The summed E-state index contributed by atoms with van der Waals surface area (Å²) in [5.74, 6) is 0.0755. The lowest BCUT2D eigenvalue weighted by Gasteiger charge is -2.05. The first-order valence-corrected chi connectivity index (χ1v) is 5.88. The molecule has 1 aromatic rings. The lowest BCUT2D eigenvalue weighted by molar-refractivity contribution is 0.600. The van der Waals surface area contributed by atoms with Crippen molar-refractivity contribution in [3.8, 4) is 0 Å². The average Bonchev–Trinajstić information content (AvgIpc) is 2.08. The van der Waals surface area contributed by atoms with Gasteiger partial charge in [-0.2, -0.15) is 0 Å². The molecule has 0 amide bonds. The number of nitrogens with one attached hydrogen (secondary N) is 2. The van der Waals surface area contributed by atoms with Crippen LogP contribution in [0.15, 0.2) is 23.1 Å². The Labute approximate surface area is 82.2 Å². The number of pyridine rings is 1. The van der Waals surface area contributed by atoms with Crippen LogP contribution in [0.2, 0.25) is 0 Å². The number of anilines is 1. The highest BCUT2D eigenvalue weighted by Crippen LogP contribution is 2.05. The van der Waals surface area contributed by atoms with E-state index in [1.54, 1.807) is 6.92 Å². The topological polar surface area (TPSA) is 79.0 Å². The smallest absolute Gasteiger partial charge is 0.248 e. The molecule has 14 heavy (non-hydrogen) atoms. The highest BCUT2D eigenvalue weighted by Gasteiger charge is 2.07. The molecule has 1 heterocycles. The average molecular weight is 216 g/mol. The van der Waals surface area contributed by atoms with Crippen LogP contribution in [0.4, 0.5) is 5.69 Å². The molecular formula is C8H12N2O3S. The fourth-order valence-electron chi connectivity index (χ4n) is 0.973. The minimum atomic E-state index is -3.27. The number of H-pyrrole nitrogens is 1. The third-order valence-electron chi connectivity index (χ3n) is 1.53. The molecule has 0 atom stereocenters. The second-order valence-electron chi connectivity index (χ2n) is 2.86. The number of rotatable bonds is 4. The van der Waals surface area contributed by atoms with Crippen molar-refractivity contribution >= 4 is 15.7 Å². The molecule has 0 fully saturated rings. The minimum absolute atomic E-state index is 0.0755. The monoisotopic (exact) mass is 216 g/mol. The van der Waals surface area contributed by atoms with Gasteiger partial charge in [-0.25, -0.2) is 8.42 Å². The fourth-order valence-corrected chi connectivity index (χ4v) is 2.10. The molecule has 0 saturated heterocycles. The molecule has 0 aliphatic rings. The van der Waals surface area contributed by atoms with E-state index in [1.807, 2.05) is 0 Å². The third kappa shape index (κ3) is 3.21. The van der Waals surface area contributed by atoms with Gasteiger partial charge in [-0.15, -0.1) is 0 Å². The zero-order valence-corrected chi connectivity index (χ0v) is 8.60. The van der Waals surface area contributed by atoms with Crippen LogP contribution in [-0.2, 0) is 10.0 Å². The van der Waals surface area contributed by atoms with E-state index in [2.05, 4.69) is 9.71 Å². The van der Waals surface area contributed by atoms with Gasteiger partial charge in [0.1, 0.15) is 0 Å². The lowest BCUT2D eigenvalue weighted by atomic mass is 10.4. The van der Waals surface area contributed by atoms with E-state index >= 15 is 0 Å². The maximum absolute atomic E-state index is 11.3. The number of aromatic nitrogens is 1. The Hall–Kier alpha value is -1.30. The van der Waals surface area contributed by atoms with Gasteiger partial charge >= 0.3 is 0 Å². The second kappa shape index (κ2) is 4.28. The zero-order valence-electron chi connectivity index (χ0n) is 7.78. The standard InChI is InChI=1S/C8H12N2O3S/c1-2-5-14(12,13)10-7-3-4-8(11)9-6-7/h3-4,6,10H,2,5H2,1H3,(H,9,11). The second-order valence-corrected chi connectivity index (χ2v) is 4.70. The van der Waals surface area contributed by atoms with E-state index in [9.17, 15) is 13.2 Å². The molecule has 6 heteroatoms. The van der Waals surface area contributed by atoms with Gasteiger partial charge in [0.2, 0.25) is 15.6 Å². The van der Waals surface area contributed by atoms with Crippen LogP contribution >= 0.6 is 0 Å². The maximum atomic E-state index is 11.3. The molecule has 0 saturated carbocycles. The highest BCUT2D eigenvalue weighted by molar-refractivity contribution is 7.92. The van der Waals surface area contributed by atoms with Crippen molar-refractivity contribution in [3.05, 3.63) is 28.7 Å². The van der Waals surface area contributed by atoms with Crippen LogP contribution in [0.1, 0.15) is 13.3 Å². The van der Waals surface area contributed by atoms with Crippen molar-refractivity contribution in [1.82, 2.24) is 4.98 Å². The summed E-state index contributed by atoms with van der Waals surface area (Å²) in [6.07, 6.45) is 1.88. The third-order valence-corrected chi connectivity index (χ3v) is 3.02. The first-order chi connectivity index (χ1) is 6.53. The van der Waals surface area contributed by atoms with E-state index in [0.29, 0.717) is 12.1 Å². The summed E-state index contributed by atoms with van der Waals surface area (Å²) in [6, 6.07) is 2.69. The van der Waals surface area contributed by atoms with Crippen molar-refractivity contribution in [2.24, 2.45) is 0 Å². The molecule has 0 radical (unpaired) electrons. The van der Waals surface area contributed by atoms with E-state index < -0.39 is 10.0 Å². The molecule has 0 aromatic carbocycles. The van der Waals surface area contributed by atoms with Crippen LogP contribution < -0.4 is 10.3 Å². The van der Waals surface area contributed by atoms with Gasteiger partial charge in [0.05, 0.1) is 11.4 Å². The Kier molecular flexibility index (Phi) is 3.29. The molecule has 0 aliphatic carbocycles. The van der Waals surface area contributed by atoms with E-state index in [1.165, 1.54) is 18.3 Å². The Balaban J connectivity index is 2.79. The predicted molar refractivity (Wildman–Crippen MR) is 54.8 cm³/mol. The van der Waals surface area contributed by atoms with Gasteiger partial charge in [0.25, 0.3) is 0 Å². The van der Waals surface area contributed by atoms with Crippen LogP contribution in [-0.4, -0.2) is 19.2 Å². The Morgan fingerprint density at radius 3 is 2.64 bits per heavy atom. The Bertz CT molecular complexity index is 429. The molecule has 1 rings (SSSR count).